The summed E-state index contributed by atoms with van der Waals surface area (Å²) >= 11 is 0. The van der Waals surface area contributed by atoms with Gasteiger partial charge in [0.15, 0.2) is 12.2 Å². The highest BCUT2D eigenvalue weighted by atomic mass is 31.2. The standard InChI is InChI=1S/C77H150O17P2/c1-7-10-12-14-16-17-18-31-37-43-49-55-61-76(81)93-72(65-87-74(79)59-53-47-39-15-13-11-8-2)67-91-95(83,84)89-63-71(78)64-90-96(85,86)92-68-73(66-88-75(80)60-54-48-42-36-32-28-27-29-34-40-45-51-57-69(4)5)94-77(82)62-56-50-44-38-33-26-24-22-20-19-21-23-25-30-35-41-46-52-58-70(6)9-3/h69-73,78H,7-68H2,1-6H3,(H,83,84)(H,85,86)/t70?,71-,72+,73+/m0/s1. The Bertz CT molecular complexity index is 1860. The van der Waals surface area contributed by atoms with Crippen LogP contribution in [0.15, 0.2) is 0 Å². The number of unbranched alkanes of at least 4 members (excludes halogenated alkanes) is 45. The van der Waals surface area contributed by atoms with E-state index in [0.717, 1.165) is 115 Å². The molecule has 3 unspecified atom stereocenters. The smallest absolute Gasteiger partial charge is 0.462 e. The van der Waals surface area contributed by atoms with E-state index < -0.39 is 97.5 Å². The van der Waals surface area contributed by atoms with Crippen molar-refractivity contribution in [1.82, 2.24) is 0 Å². The summed E-state index contributed by atoms with van der Waals surface area (Å²) in [5.74, 6) is -0.466. The minimum absolute atomic E-state index is 0.107. The average Bonchev–Trinajstić information content (AvgIpc) is 1.12. The molecule has 0 aromatic heterocycles. The zero-order chi connectivity index (χ0) is 70.7. The second-order valence-corrected chi connectivity index (χ2v) is 31.4. The maximum Gasteiger partial charge on any atom is 0.472 e. The lowest BCUT2D eigenvalue weighted by atomic mass is 9.99. The zero-order valence-corrected chi connectivity index (χ0v) is 64.5. The fraction of sp³-hybridized carbons (Fsp3) is 0.948. The summed E-state index contributed by atoms with van der Waals surface area (Å²) in [6.07, 6.45) is 57.0. The number of carbonyl (C=O) groups excluding carboxylic acids is 4. The third-order valence-corrected chi connectivity index (χ3v) is 20.2. The number of phosphoric acid groups is 2. The van der Waals surface area contributed by atoms with Gasteiger partial charge in [0.25, 0.3) is 0 Å². The maximum absolute atomic E-state index is 13.1. The van der Waals surface area contributed by atoms with Crippen LogP contribution in [0.5, 0.6) is 0 Å². The topological polar surface area (TPSA) is 237 Å². The van der Waals surface area contributed by atoms with Crippen molar-refractivity contribution in [2.24, 2.45) is 11.8 Å². The molecule has 0 radical (unpaired) electrons. The number of aliphatic hydroxyl groups excluding tert-OH is 1. The summed E-state index contributed by atoms with van der Waals surface area (Å²) in [6.45, 7) is 9.64. The molecule has 0 aliphatic carbocycles. The third-order valence-electron chi connectivity index (χ3n) is 18.3. The van der Waals surface area contributed by atoms with E-state index >= 15 is 0 Å². The van der Waals surface area contributed by atoms with Crippen LogP contribution in [-0.4, -0.2) is 96.7 Å². The molecule has 6 atom stereocenters. The Morgan fingerprint density at radius 3 is 0.792 bits per heavy atom. The molecule has 0 saturated carbocycles. The molecule has 17 nitrogen and oxygen atoms in total. The number of hydrogen-bond donors (Lipinski definition) is 3. The monoisotopic (exact) mass is 1410 g/mol. The first-order chi connectivity index (χ1) is 46.4. The van der Waals surface area contributed by atoms with E-state index in [9.17, 15) is 43.2 Å². The molecule has 0 saturated heterocycles. The zero-order valence-electron chi connectivity index (χ0n) is 62.7. The van der Waals surface area contributed by atoms with Gasteiger partial charge in [0.2, 0.25) is 0 Å². The Morgan fingerprint density at radius 2 is 0.531 bits per heavy atom. The largest absolute Gasteiger partial charge is 0.472 e. The first-order valence-corrected chi connectivity index (χ1v) is 43.0. The number of hydrogen-bond acceptors (Lipinski definition) is 15. The van der Waals surface area contributed by atoms with E-state index in [-0.39, 0.29) is 25.7 Å². The Hall–Kier alpha value is -1.94. The van der Waals surface area contributed by atoms with Crippen molar-refractivity contribution in [2.45, 2.75) is 419 Å². The van der Waals surface area contributed by atoms with Crippen molar-refractivity contribution in [3.8, 4) is 0 Å². The summed E-state index contributed by atoms with van der Waals surface area (Å²) in [5, 5.41) is 10.6. The lowest BCUT2D eigenvalue weighted by molar-refractivity contribution is -0.161. The molecule has 0 aromatic rings. The quantitative estimate of drug-likeness (QED) is 0.0222. The number of ether oxygens (including phenoxy) is 4. The van der Waals surface area contributed by atoms with E-state index in [0.29, 0.717) is 25.7 Å². The van der Waals surface area contributed by atoms with E-state index in [1.54, 1.807) is 0 Å². The normalized spacial score (nSPS) is 14.3. The van der Waals surface area contributed by atoms with Crippen molar-refractivity contribution < 1.29 is 80.2 Å². The lowest BCUT2D eigenvalue weighted by Crippen LogP contribution is -2.30. The van der Waals surface area contributed by atoms with Crippen LogP contribution in [-0.2, 0) is 65.4 Å². The number of phosphoric ester groups is 2. The van der Waals surface area contributed by atoms with E-state index in [1.165, 1.54) is 205 Å². The fourth-order valence-electron chi connectivity index (χ4n) is 11.8. The SMILES string of the molecule is CCCCCCCCCCCCCCC(=O)O[C@H](COC(=O)CCCCCCCCC)COP(=O)(O)OC[C@H](O)COP(=O)(O)OC[C@@H](COC(=O)CCCCCCCCCCCCCCC(C)C)OC(=O)CCCCCCCCCCCCCCCCCCCCC(C)CC. The molecule has 0 aliphatic heterocycles. The molecule has 0 aromatic carbocycles. The van der Waals surface area contributed by atoms with Crippen LogP contribution in [0, 0.1) is 11.8 Å². The fourth-order valence-corrected chi connectivity index (χ4v) is 13.4. The maximum atomic E-state index is 13.1. The van der Waals surface area contributed by atoms with Gasteiger partial charge in [0.05, 0.1) is 26.4 Å². The number of rotatable bonds is 76. The van der Waals surface area contributed by atoms with Gasteiger partial charge in [0, 0.05) is 25.7 Å². The number of esters is 4. The Balaban J connectivity index is 5.16. The van der Waals surface area contributed by atoms with Crippen LogP contribution in [0.3, 0.4) is 0 Å². The highest BCUT2D eigenvalue weighted by Gasteiger charge is 2.30. The van der Waals surface area contributed by atoms with Crippen molar-refractivity contribution in [3.63, 3.8) is 0 Å². The van der Waals surface area contributed by atoms with Crippen molar-refractivity contribution >= 4 is 39.5 Å². The summed E-state index contributed by atoms with van der Waals surface area (Å²) < 4.78 is 68.4. The van der Waals surface area contributed by atoms with Crippen LogP contribution in [0.2, 0.25) is 0 Å². The molecule has 19 heteroatoms. The van der Waals surface area contributed by atoms with E-state index in [2.05, 4.69) is 41.5 Å². The summed E-state index contributed by atoms with van der Waals surface area (Å²) in [6, 6.07) is 0. The van der Waals surface area contributed by atoms with Gasteiger partial charge in [-0.25, -0.2) is 9.13 Å². The van der Waals surface area contributed by atoms with Crippen molar-refractivity contribution in [1.29, 1.82) is 0 Å². The molecule has 0 rings (SSSR count). The summed E-state index contributed by atoms with van der Waals surface area (Å²) in [5.41, 5.74) is 0. The molecule has 0 heterocycles. The first kappa shape index (κ1) is 94.1. The Labute approximate surface area is 588 Å². The minimum Gasteiger partial charge on any atom is -0.462 e. The molecule has 0 bridgehead atoms. The first-order valence-electron chi connectivity index (χ1n) is 40.0. The molecular weight excluding hydrogens is 1260 g/mol. The van der Waals surface area contributed by atoms with Crippen LogP contribution in [0.25, 0.3) is 0 Å². The van der Waals surface area contributed by atoms with Gasteiger partial charge >= 0.3 is 39.5 Å². The van der Waals surface area contributed by atoms with Gasteiger partial charge in [-0.1, -0.05) is 350 Å². The van der Waals surface area contributed by atoms with Gasteiger partial charge < -0.3 is 33.8 Å². The lowest BCUT2D eigenvalue weighted by Gasteiger charge is -2.21. The molecule has 0 aliphatic rings. The predicted molar refractivity (Wildman–Crippen MR) is 391 cm³/mol. The second kappa shape index (κ2) is 68.8. The van der Waals surface area contributed by atoms with E-state index in [4.69, 9.17) is 37.0 Å². The minimum atomic E-state index is -4.96. The van der Waals surface area contributed by atoms with Gasteiger partial charge in [-0.05, 0) is 37.5 Å². The molecule has 0 fully saturated rings. The molecule has 96 heavy (non-hydrogen) atoms. The number of carbonyl (C=O) groups is 4. The average molecular weight is 1410 g/mol. The highest BCUT2D eigenvalue weighted by Crippen LogP contribution is 2.45. The van der Waals surface area contributed by atoms with Crippen molar-refractivity contribution in [2.75, 3.05) is 39.6 Å². The predicted octanol–water partition coefficient (Wildman–Crippen LogP) is 22.7. The molecular formula is C77H150O17P2. The van der Waals surface area contributed by atoms with Crippen LogP contribution in [0.4, 0.5) is 0 Å². The van der Waals surface area contributed by atoms with E-state index in [1.807, 2.05) is 0 Å². The Kier molecular flexibility index (Phi) is 67.4. The molecule has 0 amide bonds. The van der Waals surface area contributed by atoms with Crippen molar-refractivity contribution in [3.05, 3.63) is 0 Å². The molecule has 3 N–H and O–H groups in total. The van der Waals surface area contributed by atoms with Crippen LogP contribution < -0.4 is 0 Å². The molecule has 0 spiro atoms. The molecule has 570 valence electrons. The van der Waals surface area contributed by atoms with Crippen LogP contribution >= 0.6 is 15.6 Å². The third kappa shape index (κ3) is 69.2. The summed E-state index contributed by atoms with van der Waals surface area (Å²) in [7, 11) is -9.90. The van der Waals surface area contributed by atoms with Gasteiger partial charge in [-0.2, -0.15) is 0 Å². The Morgan fingerprint density at radius 1 is 0.302 bits per heavy atom. The van der Waals surface area contributed by atoms with Gasteiger partial charge in [-0.15, -0.1) is 0 Å². The van der Waals surface area contributed by atoms with Gasteiger partial charge in [0.1, 0.15) is 19.3 Å². The second-order valence-electron chi connectivity index (χ2n) is 28.5. The number of aliphatic hydroxyl groups is 1. The van der Waals surface area contributed by atoms with Gasteiger partial charge in [-0.3, -0.25) is 37.3 Å². The highest BCUT2D eigenvalue weighted by molar-refractivity contribution is 7.47. The van der Waals surface area contributed by atoms with Crippen LogP contribution in [0.1, 0.15) is 401 Å². The summed E-state index contributed by atoms with van der Waals surface area (Å²) in [4.78, 5) is 72.7.